The number of benzene rings is 1. The summed E-state index contributed by atoms with van der Waals surface area (Å²) in [7, 11) is 0. The summed E-state index contributed by atoms with van der Waals surface area (Å²) < 4.78 is 67.1. The normalized spacial score (nSPS) is 18.1. The molecule has 0 amide bonds. The summed E-state index contributed by atoms with van der Waals surface area (Å²) in [5, 5.41) is 11.8. The van der Waals surface area contributed by atoms with Crippen LogP contribution in [0.3, 0.4) is 0 Å². The van der Waals surface area contributed by atoms with Crippen LogP contribution in [0.2, 0.25) is 5.02 Å². The second-order valence-electron chi connectivity index (χ2n) is 5.34. The van der Waals surface area contributed by atoms with E-state index in [2.05, 4.69) is 5.32 Å². The maximum absolute atomic E-state index is 14.2. The highest BCUT2D eigenvalue weighted by Crippen LogP contribution is 2.42. The fourth-order valence-corrected chi connectivity index (χ4v) is 2.87. The van der Waals surface area contributed by atoms with Crippen molar-refractivity contribution in [1.29, 1.82) is 0 Å². The molecule has 1 fully saturated rings. The molecule has 0 unspecified atom stereocenters. The van der Waals surface area contributed by atoms with Crippen molar-refractivity contribution in [3.63, 3.8) is 0 Å². The lowest BCUT2D eigenvalue weighted by molar-refractivity contribution is -0.138. The van der Waals surface area contributed by atoms with Crippen molar-refractivity contribution in [3.05, 3.63) is 34.3 Å². The average Bonchev–Trinajstić information content (AvgIpc) is 2.49. The highest BCUT2D eigenvalue weighted by molar-refractivity contribution is 6.31. The summed E-state index contributed by atoms with van der Waals surface area (Å²) in [5.41, 5.74) is -1.38. The smallest absolute Gasteiger partial charge is 0.390 e. The highest BCUT2D eigenvalue weighted by atomic mass is 35.5. The molecule has 24 heavy (non-hydrogen) atoms. The first kappa shape index (κ1) is 21.4. The lowest BCUT2D eigenvalue weighted by Crippen LogP contribution is -2.51. The molecule has 1 aromatic carbocycles. The Kier molecular flexibility index (Phi) is 7.25. The third-order valence-electron chi connectivity index (χ3n) is 3.75. The number of aliphatic hydroxyl groups is 1. The molecule has 0 aliphatic carbocycles. The van der Waals surface area contributed by atoms with Gasteiger partial charge in [-0.3, -0.25) is 4.90 Å². The van der Waals surface area contributed by atoms with Gasteiger partial charge in [0.2, 0.25) is 0 Å². The van der Waals surface area contributed by atoms with E-state index in [1.807, 2.05) is 0 Å². The van der Waals surface area contributed by atoms with Gasteiger partial charge in [-0.25, -0.2) is 8.78 Å². The molecule has 10 heteroatoms. The molecule has 1 aliphatic heterocycles. The molecular formula is C14H17Cl2F5N2O. The number of piperazine rings is 1. The summed E-state index contributed by atoms with van der Waals surface area (Å²) >= 11 is 5.90. The van der Waals surface area contributed by atoms with Crippen LogP contribution in [0.1, 0.15) is 17.2 Å². The number of hydrogen-bond acceptors (Lipinski definition) is 3. The van der Waals surface area contributed by atoms with E-state index in [0.717, 1.165) is 12.1 Å². The fourth-order valence-electron chi connectivity index (χ4n) is 2.65. The molecule has 3 nitrogen and oxygen atoms in total. The van der Waals surface area contributed by atoms with E-state index in [-0.39, 0.29) is 36.1 Å². The molecule has 1 heterocycles. The van der Waals surface area contributed by atoms with Crippen LogP contribution in [-0.4, -0.2) is 48.7 Å². The van der Waals surface area contributed by atoms with E-state index < -0.39 is 30.3 Å². The highest BCUT2D eigenvalue weighted by Gasteiger charge is 2.45. The van der Waals surface area contributed by atoms with Crippen LogP contribution >= 0.6 is 24.0 Å². The van der Waals surface area contributed by atoms with Gasteiger partial charge in [0.1, 0.15) is 12.6 Å². The SMILES string of the molecule is Cl.OCC(F)(F)[C@H](c1cc(C(F)(F)F)ccc1Cl)N1CCNCC1. The van der Waals surface area contributed by atoms with E-state index in [1.54, 1.807) is 0 Å². The zero-order chi connectivity index (χ0) is 17.3. The molecule has 0 aromatic heterocycles. The molecule has 2 rings (SSSR count). The van der Waals surface area contributed by atoms with Crippen LogP contribution in [0.4, 0.5) is 22.0 Å². The van der Waals surface area contributed by atoms with E-state index in [9.17, 15) is 22.0 Å². The Morgan fingerprint density at radius 3 is 2.25 bits per heavy atom. The number of aliphatic hydroxyl groups excluding tert-OH is 1. The van der Waals surface area contributed by atoms with Gasteiger partial charge in [0.15, 0.2) is 0 Å². The summed E-state index contributed by atoms with van der Waals surface area (Å²) in [5.74, 6) is -3.62. The molecular weight excluding hydrogens is 378 g/mol. The van der Waals surface area contributed by atoms with Crippen molar-refractivity contribution in [2.75, 3.05) is 32.8 Å². The minimum Gasteiger partial charge on any atom is -0.390 e. The van der Waals surface area contributed by atoms with Crippen LogP contribution in [-0.2, 0) is 6.18 Å². The predicted octanol–water partition coefficient (Wildman–Crippen LogP) is 3.35. The molecule has 138 valence electrons. The van der Waals surface area contributed by atoms with Crippen LogP contribution in [0, 0.1) is 0 Å². The van der Waals surface area contributed by atoms with Crippen molar-refractivity contribution in [2.45, 2.75) is 18.1 Å². The van der Waals surface area contributed by atoms with Crippen LogP contribution in [0.15, 0.2) is 18.2 Å². The number of nitrogens with zero attached hydrogens (tertiary/aromatic N) is 1. The van der Waals surface area contributed by atoms with Crippen molar-refractivity contribution in [1.82, 2.24) is 10.2 Å². The minimum atomic E-state index is -4.66. The maximum Gasteiger partial charge on any atom is 0.416 e. The Hall–Kier alpha value is -0.670. The van der Waals surface area contributed by atoms with E-state index >= 15 is 0 Å². The third-order valence-corrected chi connectivity index (χ3v) is 4.09. The number of rotatable bonds is 4. The summed E-state index contributed by atoms with van der Waals surface area (Å²) in [6, 6.07) is 0.628. The Labute approximate surface area is 147 Å². The Balaban J connectivity index is 0.00000288. The number of halogens is 7. The topological polar surface area (TPSA) is 35.5 Å². The summed E-state index contributed by atoms with van der Waals surface area (Å²) in [4.78, 5) is 1.34. The van der Waals surface area contributed by atoms with Crippen molar-refractivity contribution in [2.24, 2.45) is 0 Å². The molecule has 0 spiro atoms. The van der Waals surface area contributed by atoms with Crippen LogP contribution in [0.25, 0.3) is 0 Å². The van der Waals surface area contributed by atoms with E-state index in [1.165, 1.54) is 4.90 Å². The molecule has 0 saturated carbocycles. The molecule has 0 bridgehead atoms. The molecule has 1 aromatic rings. The minimum absolute atomic E-state index is 0. The van der Waals surface area contributed by atoms with Crippen LogP contribution in [0.5, 0.6) is 0 Å². The van der Waals surface area contributed by atoms with Crippen molar-refractivity contribution >= 4 is 24.0 Å². The first-order chi connectivity index (χ1) is 10.7. The lowest BCUT2D eigenvalue weighted by atomic mass is 9.96. The number of nitrogens with one attached hydrogen (secondary N) is 1. The van der Waals surface area contributed by atoms with Gasteiger partial charge in [0.25, 0.3) is 5.92 Å². The average molecular weight is 395 g/mol. The van der Waals surface area contributed by atoms with Crippen LogP contribution < -0.4 is 5.32 Å². The Morgan fingerprint density at radius 1 is 1.17 bits per heavy atom. The van der Waals surface area contributed by atoms with Crippen molar-refractivity contribution < 1.29 is 27.1 Å². The van der Waals surface area contributed by atoms with Gasteiger partial charge < -0.3 is 10.4 Å². The molecule has 0 radical (unpaired) electrons. The van der Waals surface area contributed by atoms with Gasteiger partial charge in [-0.05, 0) is 23.8 Å². The molecule has 2 N–H and O–H groups in total. The zero-order valence-electron chi connectivity index (χ0n) is 12.4. The van der Waals surface area contributed by atoms with Gasteiger partial charge in [-0.15, -0.1) is 12.4 Å². The Morgan fingerprint density at radius 2 is 1.75 bits per heavy atom. The summed E-state index contributed by atoms with van der Waals surface area (Å²) in [6.07, 6.45) is -4.66. The van der Waals surface area contributed by atoms with Gasteiger partial charge in [-0.2, -0.15) is 13.2 Å². The maximum atomic E-state index is 14.2. The standard InChI is InChI=1S/C14H16ClF5N2O.ClH/c15-11-2-1-9(14(18,19)20)7-10(11)12(13(16,17)8-23)22-5-3-21-4-6-22;/h1-2,7,12,21,23H,3-6,8H2;1H/t12-;/m0./s1. The first-order valence-corrected chi connectivity index (χ1v) is 7.34. The second-order valence-corrected chi connectivity index (χ2v) is 5.75. The molecule has 1 aliphatic rings. The number of alkyl halides is 5. The van der Waals surface area contributed by atoms with Crippen molar-refractivity contribution in [3.8, 4) is 0 Å². The zero-order valence-corrected chi connectivity index (χ0v) is 14.0. The fraction of sp³-hybridized carbons (Fsp3) is 0.571. The monoisotopic (exact) mass is 394 g/mol. The quantitative estimate of drug-likeness (QED) is 0.768. The largest absolute Gasteiger partial charge is 0.416 e. The molecule has 1 saturated heterocycles. The van der Waals surface area contributed by atoms with Gasteiger partial charge >= 0.3 is 6.18 Å². The lowest BCUT2D eigenvalue weighted by Gasteiger charge is -2.39. The molecule has 1 atom stereocenters. The van der Waals surface area contributed by atoms with Gasteiger partial charge in [-0.1, -0.05) is 11.6 Å². The Bertz CT molecular complexity index is 550. The second kappa shape index (κ2) is 8.14. The summed E-state index contributed by atoms with van der Waals surface area (Å²) in [6.45, 7) is -0.197. The van der Waals surface area contributed by atoms with Gasteiger partial charge in [0, 0.05) is 31.2 Å². The third kappa shape index (κ3) is 4.70. The number of hydrogen-bond donors (Lipinski definition) is 2. The van der Waals surface area contributed by atoms with E-state index in [4.69, 9.17) is 16.7 Å². The first-order valence-electron chi connectivity index (χ1n) is 6.97. The van der Waals surface area contributed by atoms with Gasteiger partial charge in [0.05, 0.1) is 5.56 Å². The predicted molar refractivity (Wildman–Crippen MR) is 82.9 cm³/mol. The van der Waals surface area contributed by atoms with E-state index in [0.29, 0.717) is 19.2 Å².